The summed E-state index contributed by atoms with van der Waals surface area (Å²) in [5.41, 5.74) is 7.22. The van der Waals surface area contributed by atoms with Crippen molar-refractivity contribution in [1.82, 2.24) is 9.97 Å². The molecule has 0 aromatic carbocycles. The lowest BCUT2D eigenvalue weighted by atomic mass is 10.2. The molecule has 5 heteroatoms. The van der Waals surface area contributed by atoms with Crippen LogP contribution in [0.1, 0.15) is 24.1 Å². The Morgan fingerprint density at radius 3 is 3.07 bits per heavy atom. The lowest BCUT2D eigenvalue weighted by Gasteiger charge is -1.89. The molecule has 4 nitrogen and oxygen atoms in total. The van der Waals surface area contributed by atoms with Crippen LogP contribution in [0.4, 0.5) is 5.13 Å². The van der Waals surface area contributed by atoms with Gasteiger partial charge in [-0.05, 0) is 12.2 Å². The summed E-state index contributed by atoms with van der Waals surface area (Å²) in [6.07, 6.45) is 6.05. The number of aromatic nitrogens is 2. The van der Waals surface area contributed by atoms with Gasteiger partial charge in [-0.25, -0.2) is 9.97 Å². The van der Waals surface area contributed by atoms with E-state index in [0.29, 0.717) is 5.13 Å². The normalized spacial score (nSPS) is 11.3. The van der Waals surface area contributed by atoms with Crippen LogP contribution in [-0.2, 0) is 6.42 Å². The maximum absolute atomic E-state index is 5.52. The number of anilines is 1. The van der Waals surface area contributed by atoms with Crippen molar-refractivity contribution in [3.8, 4) is 0 Å². The minimum atomic E-state index is 0.575. The van der Waals surface area contributed by atoms with E-state index in [1.54, 1.807) is 0 Å². The highest BCUT2D eigenvalue weighted by Gasteiger charge is 2.02. The van der Waals surface area contributed by atoms with Crippen molar-refractivity contribution in [2.24, 2.45) is 0 Å². The summed E-state index contributed by atoms with van der Waals surface area (Å²) in [6.45, 7) is 2.03. The van der Waals surface area contributed by atoms with E-state index in [1.165, 1.54) is 17.7 Å². The van der Waals surface area contributed by atoms with Crippen LogP contribution in [0.25, 0.3) is 12.2 Å². The van der Waals surface area contributed by atoms with Gasteiger partial charge in [0.05, 0.1) is 5.69 Å². The van der Waals surface area contributed by atoms with Crippen molar-refractivity contribution in [3.63, 3.8) is 0 Å². The zero-order chi connectivity index (χ0) is 10.7. The van der Waals surface area contributed by atoms with Crippen molar-refractivity contribution < 1.29 is 4.42 Å². The molecule has 0 aliphatic heterocycles. The molecule has 2 aromatic heterocycles. The van der Waals surface area contributed by atoms with Gasteiger partial charge in [-0.2, -0.15) is 0 Å². The number of nitrogens with two attached hydrogens (primary N) is 1. The molecule has 78 valence electrons. The van der Waals surface area contributed by atoms with Gasteiger partial charge in [-0.3, -0.25) is 0 Å². The summed E-state index contributed by atoms with van der Waals surface area (Å²) in [5, 5.41) is 2.47. The third kappa shape index (κ3) is 2.24. The molecule has 0 aliphatic rings. The number of aryl methyl sites for hydroxylation is 1. The van der Waals surface area contributed by atoms with Crippen LogP contribution < -0.4 is 5.73 Å². The van der Waals surface area contributed by atoms with Gasteiger partial charge in [-0.15, -0.1) is 11.3 Å². The fourth-order valence-electron chi connectivity index (χ4n) is 1.22. The molecule has 2 aromatic rings. The van der Waals surface area contributed by atoms with E-state index < -0.39 is 0 Å². The van der Waals surface area contributed by atoms with Crippen molar-refractivity contribution in [3.05, 3.63) is 28.9 Å². The van der Waals surface area contributed by atoms with Crippen LogP contribution >= 0.6 is 11.3 Å². The van der Waals surface area contributed by atoms with E-state index in [9.17, 15) is 0 Å². The number of rotatable bonds is 3. The topological polar surface area (TPSA) is 64.9 Å². The van der Waals surface area contributed by atoms with E-state index in [2.05, 4.69) is 9.97 Å². The summed E-state index contributed by atoms with van der Waals surface area (Å²) in [5.74, 6) is 0.884. The van der Waals surface area contributed by atoms with Gasteiger partial charge < -0.3 is 10.2 Å². The smallest absolute Gasteiger partial charge is 0.181 e. The predicted molar refractivity (Wildman–Crippen MR) is 61.3 cm³/mol. The van der Waals surface area contributed by atoms with Gasteiger partial charge >= 0.3 is 0 Å². The average Bonchev–Trinajstić information content (AvgIpc) is 2.83. The molecule has 0 bridgehead atoms. The summed E-state index contributed by atoms with van der Waals surface area (Å²) < 4.78 is 5.20. The highest BCUT2D eigenvalue weighted by Crippen LogP contribution is 2.15. The molecule has 0 spiro atoms. The van der Waals surface area contributed by atoms with E-state index >= 15 is 0 Å². The minimum absolute atomic E-state index is 0.575. The molecule has 2 heterocycles. The molecule has 0 aliphatic carbocycles. The molecule has 0 unspecified atom stereocenters. The SMILES string of the molecule is CCc1ocnc1C=Cc1csc(N)n1. The number of hydrogen-bond acceptors (Lipinski definition) is 5. The first-order valence-corrected chi connectivity index (χ1v) is 5.49. The van der Waals surface area contributed by atoms with E-state index in [0.717, 1.165) is 23.6 Å². The second-order valence-electron chi connectivity index (χ2n) is 2.96. The van der Waals surface area contributed by atoms with Crippen molar-refractivity contribution in [2.45, 2.75) is 13.3 Å². The fourth-order valence-corrected chi connectivity index (χ4v) is 1.75. The third-order valence-corrected chi connectivity index (χ3v) is 2.64. The number of hydrogen-bond donors (Lipinski definition) is 1. The second kappa shape index (κ2) is 4.27. The fraction of sp³-hybridized carbons (Fsp3) is 0.200. The van der Waals surface area contributed by atoms with Gasteiger partial charge in [0.1, 0.15) is 11.5 Å². The Balaban J connectivity index is 2.18. The molecule has 0 amide bonds. The lowest BCUT2D eigenvalue weighted by Crippen LogP contribution is -1.82. The zero-order valence-corrected chi connectivity index (χ0v) is 9.12. The number of nitrogens with zero attached hydrogens (tertiary/aromatic N) is 2. The van der Waals surface area contributed by atoms with Gasteiger partial charge in [0.25, 0.3) is 0 Å². The van der Waals surface area contributed by atoms with Gasteiger partial charge in [-0.1, -0.05) is 6.92 Å². The predicted octanol–water partition coefficient (Wildman–Crippen LogP) is 2.45. The van der Waals surface area contributed by atoms with Crippen LogP contribution in [0.15, 0.2) is 16.2 Å². The van der Waals surface area contributed by atoms with Crippen LogP contribution in [0.5, 0.6) is 0 Å². The lowest BCUT2D eigenvalue weighted by molar-refractivity contribution is 0.509. The minimum Gasteiger partial charge on any atom is -0.448 e. The first-order chi connectivity index (χ1) is 7.29. The van der Waals surface area contributed by atoms with E-state index in [4.69, 9.17) is 10.2 Å². The maximum Gasteiger partial charge on any atom is 0.181 e. The largest absolute Gasteiger partial charge is 0.448 e. The summed E-state index contributed by atoms with van der Waals surface area (Å²) in [7, 11) is 0. The summed E-state index contributed by atoms with van der Waals surface area (Å²) in [6, 6.07) is 0. The van der Waals surface area contributed by atoms with Gasteiger partial charge in [0.2, 0.25) is 0 Å². The van der Waals surface area contributed by atoms with Crippen molar-refractivity contribution in [2.75, 3.05) is 5.73 Å². The molecule has 15 heavy (non-hydrogen) atoms. The average molecular weight is 221 g/mol. The monoisotopic (exact) mass is 221 g/mol. The van der Waals surface area contributed by atoms with Crippen LogP contribution in [-0.4, -0.2) is 9.97 Å². The van der Waals surface area contributed by atoms with Crippen LogP contribution in [0.2, 0.25) is 0 Å². The van der Waals surface area contributed by atoms with Crippen molar-refractivity contribution >= 4 is 28.6 Å². The summed E-state index contributed by atoms with van der Waals surface area (Å²) in [4.78, 5) is 8.22. The Morgan fingerprint density at radius 1 is 1.53 bits per heavy atom. The molecule has 2 rings (SSSR count). The molecule has 0 saturated heterocycles. The molecule has 0 atom stereocenters. The standard InChI is InChI=1S/C10H11N3OS/c1-2-9-8(12-6-14-9)4-3-7-5-15-10(11)13-7/h3-6H,2H2,1H3,(H2,11,13). The highest BCUT2D eigenvalue weighted by molar-refractivity contribution is 7.13. The van der Waals surface area contributed by atoms with Crippen LogP contribution in [0.3, 0.4) is 0 Å². The highest BCUT2D eigenvalue weighted by atomic mass is 32.1. The Hall–Kier alpha value is -1.62. The molecular formula is C10H11N3OS. The van der Waals surface area contributed by atoms with E-state index in [1.807, 2.05) is 24.5 Å². The second-order valence-corrected chi connectivity index (χ2v) is 3.85. The Kier molecular flexibility index (Phi) is 2.82. The third-order valence-electron chi connectivity index (χ3n) is 1.95. The van der Waals surface area contributed by atoms with Gasteiger partial charge in [0, 0.05) is 11.8 Å². The first kappa shape index (κ1) is 9.92. The molecule has 0 radical (unpaired) electrons. The number of thiazole rings is 1. The van der Waals surface area contributed by atoms with Crippen LogP contribution in [0, 0.1) is 0 Å². The Labute approximate surface area is 91.5 Å². The zero-order valence-electron chi connectivity index (χ0n) is 8.30. The molecule has 0 fully saturated rings. The quantitative estimate of drug-likeness (QED) is 0.864. The van der Waals surface area contributed by atoms with E-state index in [-0.39, 0.29) is 0 Å². The van der Waals surface area contributed by atoms with Crippen molar-refractivity contribution in [1.29, 1.82) is 0 Å². The van der Waals surface area contributed by atoms with Gasteiger partial charge in [0.15, 0.2) is 11.5 Å². The maximum atomic E-state index is 5.52. The Morgan fingerprint density at radius 2 is 2.40 bits per heavy atom. The molecular weight excluding hydrogens is 210 g/mol. The first-order valence-electron chi connectivity index (χ1n) is 4.61. The Bertz CT molecular complexity index is 472. The number of oxazole rings is 1. The molecule has 2 N–H and O–H groups in total. The number of nitrogen functional groups attached to an aromatic ring is 1. The molecule has 0 saturated carbocycles. The summed E-state index contributed by atoms with van der Waals surface area (Å²) >= 11 is 1.42.